The summed E-state index contributed by atoms with van der Waals surface area (Å²) in [5, 5.41) is 0. The van der Waals surface area contributed by atoms with Crippen LogP contribution in [0.5, 0.6) is 0 Å². The third-order valence-electron chi connectivity index (χ3n) is 4.54. The number of esters is 1. The van der Waals surface area contributed by atoms with Crippen molar-refractivity contribution in [3.63, 3.8) is 0 Å². The highest BCUT2D eigenvalue weighted by atomic mass is 16.5. The van der Waals surface area contributed by atoms with Crippen molar-refractivity contribution < 1.29 is 14.3 Å². The van der Waals surface area contributed by atoms with Gasteiger partial charge in [0.15, 0.2) is 0 Å². The van der Waals surface area contributed by atoms with Gasteiger partial charge in [0, 0.05) is 6.08 Å². The van der Waals surface area contributed by atoms with E-state index in [-0.39, 0.29) is 23.1 Å². The molecule has 20 heavy (non-hydrogen) atoms. The number of carbonyl (C=O) groups excluding carboxylic acids is 1. The van der Waals surface area contributed by atoms with E-state index in [1.54, 1.807) is 6.08 Å². The van der Waals surface area contributed by atoms with Gasteiger partial charge in [-0.25, -0.2) is 4.79 Å². The summed E-state index contributed by atoms with van der Waals surface area (Å²) in [4.78, 5) is 11.6. The van der Waals surface area contributed by atoms with Gasteiger partial charge in [0.1, 0.15) is 0 Å². The zero-order chi connectivity index (χ0) is 15.0. The van der Waals surface area contributed by atoms with Crippen molar-refractivity contribution in [3.05, 3.63) is 23.3 Å². The van der Waals surface area contributed by atoms with Gasteiger partial charge in [-0.2, -0.15) is 0 Å². The first-order valence-corrected chi connectivity index (χ1v) is 7.54. The van der Waals surface area contributed by atoms with E-state index in [2.05, 4.69) is 26.8 Å². The van der Waals surface area contributed by atoms with Crippen molar-refractivity contribution in [1.82, 2.24) is 0 Å². The summed E-state index contributed by atoms with van der Waals surface area (Å²) >= 11 is 0. The van der Waals surface area contributed by atoms with Gasteiger partial charge < -0.3 is 9.47 Å². The monoisotopic (exact) mass is 278 g/mol. The van der Waals surface area contributed by atoms with E-state index >= 15 is 0 Å². The fourth-order valence-corrected chi connectivity index (χ4v) is 3.52. The molecule has 0 N–H and O–H groups in total. The second kappa shape index (κ2) is 5.36. The van der Waals surface area contributed by atoms with Gasteiger partial charge in [-0.1, -0.05) is 13.8 Å². The Morgan fingerprint density at radius 1 is 1.45 bits per heavy atom. The fraction of sp³-hybridized carbons (Fsp3) is 0.706. The van der Waals surface area contributed by atoms with Crippen LogP contribution >= 0.6 is 0 Å². The van der Waals surface area contributed by atoms with E-state index in [1.807, 2.05) is 13.8 Å². The third kappa shape index (κ3) is 2.83. The van der Waals surface area contributed by atoms with Crippen LogP contribution in [0, 0.1) is 5.41 Å². The highest BCUT2D eigenvalue weighted by molar-refractivity contribution is 5.83. The predicted octanol–water partition coefficient (Wildman–Crippen LogP) is 3.79. The Bertz CT molecular complexity index is 459. The first-order chi connectivity index (χ1) is 9.28. The van der Waals surface area contributed by atoms with Crippen molar-refractivity contribution in [2.24, 2.45) is 5.41 Å². The lowest BCUT2D eigenvalue weighted by Gasteiger charge is -2.42. The molecule has 0 unspecified atom stereocenters. The zero-order valence-corrected chi connectivity index (χ0v) is 13.3. The molecule has 1 aliphatic heterocycles. The first kappa shape index (κ1) is 15.3. The molecule has 1 aliphatic carbocycles. The van der Waals surface area contributed by atoms with Crippen LogP contribution in [0.15, 0.2) is 23.3 Å². The van der Waals surface area contributed by atoms with E-state index in [0.717, 1.165) is 12.0 Å². The highest BCUT2D eigenvalue weighted by Crippen LogP contribution is 2.51. The lowest BCUT2D eigenvalue weighted by Crippen LogP contribution is -2.39. The summed E-state index contributed by atoms with van der Waals surface area (Å²) < 4.78 is 11.2. The van der Waals surface area contributed by atoms with Gasteiger partial charge in [-0.15, -0.1) is 0 Å². The van der Waals surface area contributed by atoms with Crippen LogP contribution in [0.25, 0.3) is 0 Å². The van der Waals surface area contributed by atoms with Crippen LogP contribution in [0.1, 0.15) is 53.9 Å². The summed E-state index contributed by atoms with van der Waals surface area (Å²) in [6.07, 6.45) is 7.12. The molecule has 0 amide bonds. The van der Waals surface area contributed by atoms with Crippen molar-refractivity contribution in [3.8, 4) is 0 Å². The maximum absolute atomic E-state index is 11.6. The predicted molar refractivity (Wildman–Crippen MR) is 79.4 cm³/mol. The molecule has 1 heterocycles. The molecule has 0 bridgehead atoms. The smallest absolute Gasteiger partial charge is 0.330 e. The maximum Gasteiger partial charge on any atom is 0.330 e. The summed E-state index contributed by atoms with van der Waals surface area (Å²) in [5.41, 5.74) is 2.32. The normalized spacial score (nSPS) is 32.5. The topological polar surface area (TPSA) is 35.5 Å². The average molecular weight is 278 g/mol. The fourth-order valence-electron chi connectivity index (χ4n) is 3.52. The van der Waals surface area contributed by atoms with Crippen LogP contribution in [0.3, 0.4) is 0 Å². The number of ether oxygens (including phenoxy) is 2. The van der Waals surface area contributed by atoms with E-state index < -0.39 is 0 Å². The summed E-state index contributed by atoms with van der Waals surface area (Å²) in [7, 11) is 0. The Balaban J connectivity index is 2.21. The molecular formula is C17H26O3. The van der Waals surface area contributed by atoms with Crippen LogP contribution in [-0.4, -0.2) is 24.3 Å². The SMILES string of the molecule is CCOC(=O)/C=C(\C)[C@@H]1C=C2C(C)(C)CCC[C@@]2(C)O1. The molecule has 3 nitrogen and oxygen atoms in total. The van der Waals surface area contributed by atoms with E-state index in [9.17, 15) is 4.79 Å². The van der Waals surface area contributed by atoms with Gasteiger partial charge in [0.25, 0.3) is 0 Å². The minimum Gasteiger partial charge on any atom is -0.463 e. The van der Waals surface area contributed by atoms with Gasteiger partial charge in [-0.05, 0) is 62.7 Å². The summed E-state index contributed by atoms with van der Waals surface area (Å²) in [6.45, 7) is 10.9. The number of carbonyl (C=O) groups is 1. The molecule has 1 saturated carbocycles. The molecule has 0 spiro atoms. The van der Waals surface area contributed by atoms with Crippen LogP contribution < -0.4 is 0 Å². The van der Waals surface area contributed by atoms with E-state index in [4.69, 9.17) is 9.47 Å². The molecule has 2 atom stereocenters. The quantitative estimate of drug-likeness (QED) is 0.447. The Labute approximate surface area is 122 Å². The molecule has 112 valence electrons. The number of fused-ring (bicyclic) bond motifs is 1. The van der Waals surface area contributed by atoms with Crippen molar-refractivity contribution in [2.75, 3.05) is 6.61 Å². The molecule has 3 heteroatoms. The molecule has 2 rings (SSSR count). The summed E-state index contributed by atoms with van der Waals surface area (Å²) in [6, 6.07) is 0. The number of rotatable bonds is 3. The Morgan fingerprint density at radius 2 is 2.15 bits per heavy atom. The van der Waals surface area contributed by atoms with Crippen LogP contribution in [0.2, 0.25) is 0 Å². The lowest BCUT2D eigenvalue weighted by atomic mass is 9.67. The zero-order valence-electron chi connectivity index (χ0n) is 13.3. The molecule has 2 aliphatic rings. The molecule has 1 fully saturated rings. The van der Waals surface area contributed by atoms with Crippen molar-refractivity contribution in [2.45, 2.75) is 65.6 Å². The molecular weight excluding hydrogens is 252 g/mol. The molecule has 0 saturated heterocycles. The average Bonchev–Trinajstić information content (AvgIpc) is 2.68. The molecule has 0 radical (unpaired) electrons. The minimum atomic E-state index is -0.286. The standard InChI is InChI=1S/C17H26O3/c1-6-19-15(18)10-12(2)13-11-14-16(3,4)8-7-9-17(14,5)20-13/h10-11,13H,6-9H2,1-5H3/b12-10+/t13-,17+/m0/s1. The Kier molecular flexibility index (Phi) is 4.10. The number of hydrogen-bond acceptors (Lipinski definition) is 3. The number of hydrogen-bond donors (Lipinski definition) is 0. The molecule has 0 aromatic heterocycles. The van der Waals surface area contributed by atoms with Crippen molar-refractivity contribution in [1.29, 1.82) is 0 Å². The van der Waals surface area contributed by atoms with Gasteiger partial charge in [-0.3, -0.25) is 0 Å². The van der Waals surface area contributed by atoms with Gasteiger partial charge in [0.05, 0.1) is 18.3 Å². The lowest BCUT2D eigenvalue weighted by molar-refractivity contribution is -0.137. The second-order valence-electron chi connectivity index (χ2n) is 6.73. The van der Waals surface area contributed by atoms with Crippen molar-refractivity contribution >= 4 is 5.97 Å². The second-order valence-corrected chi connectivity index (χ2v) is 6.73. The third-order valence-corrected chi connectivity index (χ3v) is 4.54. The molecule has 0 aromatic rings. The first-order valence-electron chi connectivity index (χ1n) is 7.54. The molecule has 0 aromatic carbocycles. The maximum atomic E-state index is 11.6. The van der Waals surface area contributed by atoms with Crippen LogP contribution in [0.4, 0.5) is 0 Å². The largest absolute Gasteiger partial charge is 0.463 e. The van der Waals surface area contributed by atoms with Crippen LogP contribution in [-0.2, 0) is 14.3 Å². The van der Waals surface area contributed by atoms with E-state index in [1.165, 1.54) is 18.4 Å². The van der Waals surface area contributed by atoms with E-state index in [0.29, 0.717) is 6.61 Å². The van der Waals surface area contributed by atoms with Gasteiger partial charge >= 0.3 is 5.97 Å². The minimum absolute atomic E-state index is 0.100. The summed E-state index contributed by atoms with van der Waals surface area (Å²) in [5.74, 6) is -0.286. The Hall–Kier alpha value is -1.09. The Morgan fingerprint density at radius 3 is 2.75 bits per heavy atom. The van der Waals surface area contributed by atoms with Gasteiger partial charge in [0.2, 0.25) is 0 Å². The highest BCUT2D eigenvalue weighted by Gasteiger charge is 2.47.